The normalized spacial score (nSPS) is 17.9. The summed E-state index contributed by atoms with van der Waals surface area (Å²) >= 11 is 3.30. The van der Waals surface area contributed by atoms with Gasteiger partial charge < -0.3 is 15.5 Å². The van der Waals surface area contributed by atoms with Crippen LogP contribution in [-0.2, 0) is 6.54 Å². The molecule has 0 aliphatic carbocycles. The molecular weight excluding hydrogens is 297 g/mol. The van der Waals surface area contributed by atoms with Gasteiger partial charge in [0.25, 0.3) is 0 Å². The van der Waals surface area contributed by atoms with Crippen LogP contribution in [0.4, 0.5) is 10.1 Å². The molecule has 2 rings (SSSR count). The van der Waals surface area contributed by atoms with Crippen LogP contribution in [0.1, 0.15) is 12.0 Å². The third-order valence-corrected chi connectivity index (χ3v) is 4.28. The van der Waals surface area contributed by atoms with Crippen molar-refractivity contribution >= 4 is 21.6 Å². The van der Waals surface area contributed by atoms with E-state index in [9.17, 15) is 4.39 Å². The quantitative estimate of drug-likeness (QED) is 0.908. The topological polar surface area (TPSA) is 32.5 Å². The van der Waals surface area contributed by atoms with Gasteiger partial charge in [0.1, 0.15) is 0 Å². The summed E-state index contributed by atoms with van der Waals surface area (Å²) in [7, 11) is 2.10. The minimum atomic E-state index is -0.192. The van der Waals surface area contributed by atoms with Crippen molar-refractivity contribution in [2.75, 3.05) is 38.1 Å². The predicted octanol–water partition coefficient (Wildman–Crippen LogP) is 2.19. The lowest BCUT2D eigenvalue weighted by atomic mass is 10.1. The molecular formula is C13H19BrFN3. The van der Waals surface area contributed by atoms with Gasteiger partial charge >= 0.3 is 0 Å². The van der Waals surface area contributed by atoms with Crippen LogP contribution in [0.2, 0.25) is 0 Å². The zero-order chi connectivity index (χ0) is 13.1. The Labute approximate surface area is 116 Å². The molecule has 0 unspecified atom stereocenters. The van der Waals surface area contributed by atoms with Gasteiger partial charge in [0.05, 0.1) is 10.2 Å². The maximum absolute atomic E-state index is 14.3. The Bertz CT molecular complexity index is 425. The molecule has 1 aromatic rings. The van der Waals surface area contributed by atoms with E-state index < -0.39 is 0 Å². The molecule has 1 saturated heterocycles. The van der Waals surface area contributed by atoms with Crippen molar-refractivity contribution in [1.82, 2.24) is 4.90 Å². The maximum Gasteiger partial charge on any atom is 0.160 e. The van der Waals surface area contributed by atoms with E-state index in [1.807, 2.05) is 12.1 Å². The lowest BCUT2D eigenvalue weighted by molar-refractivity contribution is 0.360. The number of benzene rings is 1. The number of hydrogen-bond donors (Lipinski definition) is 1. The Morgan fingerprint density at radius 3 is 2.78 bits per heavy atom. The largest absolute Gasteiger partial charge is 0.368 e. The second kappa shape index (κ2) is 5.99. The van der Waals surface area contributed by atoms with E-state index in [2.05, 4.69) is 32.8 Å². The van der Waals surface area contributed by atoms with Crippen molar-refractivity contribution in [2.24, 2.45) is 5.73 Å². The standard InChI is InChI=1S/C13H19BrFN3/c1-17-5-2-6-18(8-7-17)11-4-3-10(9-16)12(14)13(11)15/h3-4H,2,5-9,16H2,1H3. The highest BCUT2D eigenvalue weighted by Crippen LogP contribution is 2.29. The number of nitrogens with two attached hydrogens (primary N) is 1. The summed E-state index contributed by atoms with van der Waals surface area (Å²) in [5, 5.41) is 0. The molecule has 1 aliphatic rings. The van der Waals surface area contributed by atoms with Gasteiger partial charge in [0.2, 0.25) is 0 Å². The molecule has 18 heavy (non-hydrogen) atoms. The van der Waals surface area contributed by atoms with Crippen LogP contribution in [0.5, 0.6) is 0 Å². The number of likely N-dealkylation sites (N-methyl/N-ethyl adjacent to an activating group) is 1. The molecule has 1 aromatic carbocycles. The van der Waals surface area contributed by atoms with Crippen molar-refractivity contribution in [3.8, 4) is 0 Å². The van der Waals surface area contributed by atoms with Crippen molar-refractivity contribution in [3.05, 3.63) is 28.0 Å². The fraction of sp³-hybridized carbons (Fsp3) is 0.538. The highest BCUT2D eigenvalue weighted by molar-refractivity contribution is 9.10. The van der Waals surface area contributed by atoms with E-state index >= 15 is 0 Å². The number of rotatable bonds is 2. The molecule has 0 bridgehead atoms. The fourth-order valence-corrected chi connectivity index (χ4v) is 2.77. The fourth-order valence-electron chi connectivity index (χ4n) is 2.27. The van der Waals surface area contributed by atoms with Crippen LogP contribution in [0, 0.1) is 5.82 Å². The monoisotopic (exact) mass is 315 g/mol. The van der Waals surface area contributed by atoms with Crippen LogP contribution in [0.15, 0.2) is 16.6 Å². The molecule has 1 heterocycles. The highest BCUT2D eigenvalue weighted by atomic mass is 79.9. The van der Waals surface area contributed by atoms with Gasteiger partial charge in [0.15, 0.2) is 5.82 Å². The molecule has 3 nitrogen and oxygen atoms in total. The third kappa shape index (κ3) is 2.84. The Kier molecular flexibility index (Phi) is 4.59. The molecule has 0 amide bonds. The molecule has 0 saturated carbocycles. The van der Waals surface area contributed by atoms with E-state index in [4.69, 9.17) is 5.73 Å². The SMILES string of the molecule is CN1CCCN(c2ccc(CN)c(Br)c2F)CC1. The first kappa shape index (κ1) is 13.8. The lowest BCUT2D eigenvalue weighted by Crippen LogP contribution is -2.29. The smallest absolute Gasteiger partial charge is 0.160 e. The average Bonchev–Trinajstić information content (AvgIpc) is 2.58. The van der Waals surface area contributed by atoms with Crippen LogP contribution in [0.3, 0.4) is 0 Å². The van der Waals surface area contributed by atoms with E-state index in [0.717, 1.165) is 38.2 Å². The van der Waals surface area contributed by atoms with Crippen LogP contribution < -0.4 is 10.6 Å². The number of anilines is 1. The van der Waals surface area contributed by atoms with Crippen molar-refractivity contribution in [3.63, 3.8) is 0 Å². The Morgan fingerprint density at radius 2 is 2.06 bits per heavy atom. The maximum atomic E-state index is 14.3. The van der Waals surface area contributed by atoms with E-state index in [0.29, 0.717) is 16.7 Å². The summed E-state index contributed by atoms with van der Waals surface area (Å²) < 4.78 is 14.8. The molecule has 1 fully saturated rings. The van der Waals surface area contributed by atoms with Gasteiger partial charge in [-0.2, -0.15) is 0 Å². The van der Waals surface area contributed by atoms with Crippen molar-refractivity contribution in [1.29, 1.82) is 0 Å². The highest BCUT2D eigenvalue weighted by Gasteiger charge is 2.18. The molecule has 0 aromatic heterocycles. The minimum Gasteiger partial charge on any atom is -0.368 e. The van der Waals surface area contributed by atoms with E-state index in [1.54, 1.807) is 0 Å². The second-order valence-corrected chi connectivity index (χ2v) is 5.51. The number of hydrogen-bond acceptors (Lipinski definition) is 3. The molecule has 100 valence electrons. The summed E-state index contributed by atoms with van der Waals surface area (Å²) in [5.41, 5.74) is 7.06. The average molecular weight is 316 g/mol. The molecule has 0 radical (unpaired) electrons. The summed E-state index contributed by atoms with van der Waals surface area (Å²) in [5.74, 6) is -0.192. The first-order valence-corrected chi connectivity index (χ1v) is 7.03. The lowest BCUT2D eigenvalue weighted by Gasteiger charge is -2.24. The molecule has 0 atom stereocenters. The molecule has 2 N–H and O–H groups in total. The predicted molar refractivity (Wildman–Crippen MR) is 76.3 cm³/mol. The molecule has 5 heteroatoms. The zero-order valence-corrected chi connectivity index (χ0v) is 12.2. The summed E-state index contributed by atoms with van der Waals surface area (Å²) in [6, 6.07) is 3.74. The van der Waals surface area contributed by atoms with Crippen molar-refractivity contribution in [2.45, 2.75) is 13.0 Å². The van der Waals surface area contributed by atoms with Crippen LogP contribution in [-0.4, -0.2) is 38.1 Å². The van der Waals surface area contributed by atoms with Crippen molar-refractivity contribution < 1.29 is 4.39 Å². The summed E-state index contributed by atoms with van der Waals surface area (Å²) in [6.45, 7) is 4.15. The van der Waals surface area contributed by atoms with E-state index in [1.165, 1.54) is 0 Å². The van der Waals surface area contributed by atoms with Gasteiger partial charge in [-0.05, 0) is 47.6 Å². The summed E-state index contributed by atoms with van der Waals surface area (Å²) in [6.07, 6.45) is 1.06. The Balaban J connectivity index is 2.25. The van der Waals surface area contributed by atoms with Gasteiger partial charge in [-0.3, -0.25) is 0 Å². The second-order valence-electron chi connectivity index (χ2n) is 4.72. The first-order chi connectivity index (χ1) is 8.63. The molecule has 1 aliphatic heterocycles. The van der Waals surface area contributed by atoms with E-state index in [-0.39, 0.29) is 5.82 Å². The number of nitrogens with zero attached hydrogens (tertiary/aromatic N) is 2. The first-order valence-electron chi connectivity index (χ1n) is 6.24. The zero-order valence-electron chi connectivity index (χ0n) is 10.6. The van der Waals surface area contributed by atoms with Gasteiger partial charge in [0, 0.05) is 26.2 Å². The van der Waals surface area contributed by atoms with Gasteiger partial charge in [-0.1, -0.05) is 6.07 Å². The summed E-state index contributed by atoms with van der Waals surface area (Å²) in [4.78, 5) is 4.39. The minimum absolute atomic E-state index is 0.192. The third-order valence-electron chi connectivity index (χ3n) is 3.42. The van der Waals surface area contributed by atoms with Gasteiger partial charge in [-0.25, -0.2) is 4.39 Å². The van der Waals surface area contributed by atoms with Gasteiger partial charge in [-0.15, -0.1) is 0 Å². The number of halogens is 2. The van der Waals surface area contributed by atoms with Crippen LogP contribution >= 0.6 is 15.9 Å². The van der Waals surface area contributed by atoms with Crippen LogP contribution in [0.25, 0.3) is 0 Å². The Morgan fingerprint density at radius 1 is 1.28 bits per heavy atom. The molecule has 0 spiro atoms. The Hall–Kier alpha value is -0.650.